The predicted octanol–water partition coefficient (Wildman–Crippen LogP) is 13.6. The summed E-state index contributed by atoms with van der Waals surface area (Å²) in [5.74, 6) is 20.7. The van der Waals surface area contributed by atoms with Gasteiger partial charge in [0.15, 0.2) is 0 Å². The summed E-state index contributed by atoms with van der Waals surface area (Å²) in [5.41, 5.74) is 14.4. The van der Waals surface area contributed by atoms with E-state index in [9.17, 15) is 0 Å². The van der Waals surface area contributed by atoms with E-state index in [0.29, 0.717) is 0 Å². The van der Waals surface area contributed by atoms with Gasteiger partial charge >= 0.3 is 0 Å². The molecule has 0 bridgehead atoms. The molecule has 0 aliphatic rings. The minimum Gasteiger partial charge on any atom is -0.0984 e. The number of hydrogen-bond donors (Lipinski definition) is 0. The Labute approximate surface area is 326 Å². The molecule has 0 saturated carbocycles. The van der Waals surface area contributed by atoms with Crippen molar-refractivity contribution in [1.29, 1.82) is 0 Å². The van der Waals surface area contributed by atoms with E-state index in [1.807, 2.05) is 54.7 Å². The van der Waals surface area contributed by atoms with Crippen LogP contribution in [0.2, 0.25) is 0 Å². The maximum atomic E-state index is 4.11. The van der Waals surface area contributed by atoms with Crippen LogP contribution in [0, 0.1) is 35.5 Å². The lowest BCUT2D eigenvalue weighted by Gasteiger charge is -2.21. The van der Waals surface area contributed by atoms with Gasteiger partial charge in [-0.1, -0.05) is 174 Å². The normalized spacial score (nSPS) is 11.1. The summed E-state index contributed by atoms with van der Waals surface area (Å²) in [5, 5.41) is 0. The Balaban J connectivity index is 1.98. The highest BCUT2D eigenvalue weighted by Gasteiger charge is 2.19. The van der Waals surface area contributed by atoms with Gasteiger partial charge < -0.3 is 0 Å². The van der Waals surface area contributed by atoms with Crippen molar-refractivity contribution in [2.45, 2.75) is 78.6 Å². The molecule has 0 N–H and O–H groups in total. The minimum atomic E-state index is -0.0317. The predicted molar refractivity (Wildman–Crippen MR) is 240 cm³/mol. The molecule has 4 aromatic carbocycles. The van der Waals surface area contributed by atoms with Crippen LogP contribution in [-0.4, -0.2) is 0 Å². The number of hydrogen-bond acceptors (Lipinski definition) is 0. The van der Waals surface area contributed by atoms with Gasteiger partial charge in [-0.05, 0) is 121 Å². The van der Waals surface area contributed by atoms with Crippen LogP contribution in [0.25, 0.3) is 36.5 Å². The van der Waals surface area contributed by atoms with Crippen LogP contribution in [0.3, 0.4) is 0 Å². The quantitative estimate of drug-likeness (QED) is 0.176. The van der Waals surface area contributed by atoms with E-state index >= 15 is 0 Å². The molecule has 4 rings (SSSR count). The van der Waals surface area contributed by atoms with Crippen molar-refractivity contribution < 1.29 is 0 Å². The minimum absolute atomic E-state index is 0.0317. The van der Waals surface area contributed by atoms with Crippen LogP contribution in [0.4, 0.5) is 0 Å². The second kappa shape index (κ2) is 16.3. The Morgan fingerprint density at radius 3 is 0.648 bits per heavy atom. The number of rotatable bonds is 6. The summed E-state index contributed by atoms with van der Waals surface area (Å²) < 4.78 is 0. The molecule has 0 fully saturated rings. The molecule has 0 aliphatic heterocycles. The molecule has 0 nitrogen and oxygen atoms in total. The molecule has 270 valence electrons. The first-order chi connectivity index (χ1) is 25.4. The monoisotopic (exact) mass is 702 g/mol. The first-order valence-corrected chi connectivity index (χ1v) is 18.4. The molecule has 0 radical (unpaired) electrons. The van der Waals surface area contributed by atoms with Gasteiger partial charge in [-0.25, -0.2) is 0 Å². The van der Waals surface area contributed by atoms with Crippen molar-refractivity contribution in [1.82, 2.24) is 0 Å². The Morgan fingerprint density at radius 2 is 0.500 bits per heavy atom. The standard InChI is InChI=1S/C54H54/c1-16-40-31-46(52(7,8)9)32-41(17-2)49(40)25-22-37-28-38(23-26-50-42(18-3)33-47(53(10,11)12)34-43(50)19-4)30-39(29-37)24-27-51-44(20-5)35-48(54(13,14)15)36-45(51)21-6/h16-21,28-36H,1-6H2,7-15H3. The Hall–Kier alpha value is -6.00. The summed E-state index contributed by atoms with van der Waals surface area (Å²) in [4.78, 5) is 0. The third-order valence-corrected chi connectivity index (χ3v) is 9.44. The molecule has 0 saturated heterocycles. The highest BCUT2D eigenvalue weighted by Crippen LogP contribution is 2.31. The van der Waals surface area contributed by atoms with Gasteiger partial charge in [-0.15, -0.1) is 0 Å². The average Bonchev–Trinajstić information content (AvgIpc) is 3.12. The zero-order valence-electron chi connectivity index (χ0n) is 33.9. The summed E-state index contributed by atoms with van der Waals surface area (Å²) in [6, 6.07) is 19.1. The van der Waals surface area contributed by atoms with Gasteiger partial charge in [0.1, 0.15) is 0 Å². The van der Waals surface area contributed by atoms with Crippen LogP contribution in [0.15, 0.2) is 94.1 Å². The van der Waals surface area contributed by atoms with Crippen LogP contribution < -0.4 is 0 Å². The average molecular weight is 703 g/mol. The topological polar surface area (TPSA) is 0 Å². The lowest BCUT2D eigenvalue weighted by molar-refractivity contribution is 0.589. The smallest absolute Gasteiger partial charge is 0.0393 e. The van der Waals surface area contributed by atoms with Gasteiger partial charge in [0.25, 0.3) is 0 Å². The van der Waals surface area contributed by atoms with E-state index in [1.54, 1.807) is 0 Å². The van der Waals surface area contributed by atoms with E-state index in [4.69, 9.17) is 0 Å². The lowest BCUT2D eigenvalue weighted by atomic mass is 9.83. The third kappa shape index (κ3) is 9.50. The zero-order valence-corrected chi connectivity index (χ0v) is 33.9. The maximum absolute atomic E-state index is 4.11. The van der Waals surface area contributed by atoms with E-state index < -0.39 is 0 Å². The van der Waals surface area contributed by atoms with Crippen molar-refractivity contribution in [3.05, 3.63) is 178 Å². The van der Waals surface area contributed by atoms with Crippen LogP contribution >= 0.6 is 0 Å². The summed E-state index contributed by atoms with van der Waals surface area (Å²) in [6.45, 7) is 44.4. The van der Waals surface area contributed by atoms with Crippen molar-refractivity contribution in [3.8, 4) is 35.5 Å². The molecule has 54 heavy (non-hydrogen) atoms. The van der Waals surface area contributed by atoms with Gasteiger partial charge in [-0.2, -0.15) is 0 Å². The Morgan fingerprint density at radius 1 is 0.315 bits per heavy atom. The van der Waals surface area contributed by atoms with Crippen LogP contribution in [0.5, 0.6) is 0 Å². The van der Waals surface area contributed by atoms with Crippen molar-refractivity contribution >= 4 is 36.5 Å². The van der Waals surface area contributed by atoms with E-state index in [2.05, 4.69) is 174 Å². The third-order valence-electron chi connectivity index (χ3n) is 9.44. The fraction of sp³-hybridized carbons (Fsp3) is 0.222. The highest BCUT2D eigenvalue weighted by molar-refractivity contribution is 5.73. The summed E-state index contributed by atoms with van der Waals surface area (Å²) in [6.07, 6.45) is 11.2. The molecule has 0 heteroatoms. The first kappa shape index (κ1) is 40.8. The molecular formula is C54H54. The van der Waals surface area contributed by atoms with Gasteiger partial charge in [-0.3, -0.25) is 0 Å². The maximum Gasteiger partial charge on any atom is 0.0393 e. The SMILES string of the molecule is C=Cc1cc(C(C)(C)C)cc(C=C)c1C#Cc1cc(C#Cc2c(C=C)cc(C(C)(C)C)cc2C=C)cc(C#Cc2c(C=C)cc(C(C)(C)C)cc2C=C)c1. The lowest BCUT2D eigenvalue weighted by Crippen LogP contribution is -2.12. The van der Waals surface area contributed by atoms with Crippen LogP contribution in [-0.2, 0) is 16.2 Å². The Kier molecular flexibility index (Phi) is 12.3. The summed E-state index contributed by atoms with van der Waals surface area (Å²) >= 11 is 0. The van der Waals surface area contributed by atoms with E-state index in [-0.39, 0.29) is 16.2 Å². The van der Waals surface area contributed by atoms with E-state index in [0.717, 1.165) is 66.8 Å². The zero-order chi connectivity index (χ0) is 40.0. The first-order valence-electron chi connectivity index (χ1n) is 18.4. The summed E-state index contributed by atoms with van der Waals surface area (Å²) in [7, 11) is 0. The van der Waals surface area contributed by atoms with Gasteiger partial charge in [0.05, 0.1) is 0 Å². The molecule has 0 atom stereocenters. The fourth-order valence-electron chi connectivity index (χ4n) is 6.01. The van der Waals surface area contributed by atoms with Gasteiger partial charge in [0, 0.05) is 33.4 Å². The molecule has 0 aromatic heterocycles. The second-order valence-corrected chi connectivity index (χ2v) is 16.6. The number of benzene rings is 4. The molecular weight excluding hydrogens is 649 g/mol. The largest absolute Gasteiger partial charge is 0.0984 e. The van der Waals surface area contributed by atoms with E-state index in [1.165, 1.54) is 16.7 Å². The molecule has 0 spiro atoms. The molecule has 4 aromatic rings. The highest BCUT2D eigenvalue weighted by atomic mass is 14.2. The molecule has 0 heterocycles. The molecule has 0 unspecified atom stereocenters. The van der Waals surface area contributed by atoms with Gasteiger partial charge in [0.2, 0.25) is 0 Å². The van der Waals surface area contributed by atoms with Crippen molar-refractivity contribution in [2.24, 2.45) is 0 Å². The molecule has 0 aliphatic carbocycles. The fourth-order valence-corrected chi connectivity index (χ4v) is 6.01. The molecule has 0 amide bonds. The Bertz CT molecular complexity index is 2010. The van der Waals surface area contributed by atoms with Crippen LogP contribution in [0.1, 0.15) is 146 Å². The van der Waals surface area contributed by atoms with Crippen molar-refractivity contribution in [2.75, 3.05) is 0 Å². The van der Waals surface area contributed by atoms with Crippen molar-refractivity contribution in [3.63, 3.8) is 0 Å². The second-order valence-electron chi connectivity index (χ2n) is 16.6.